The third kappa shape index (κ3) is 3.89. The molecule has 190 valence electrons. The van der Waals surface area contributed by atoms with Gasteiger partial charge in [0.15, 0.2) is 0 Å². The molecule has 1 aliphatic heterocycles. The fraction of sp³-hybridized carbons (Fsp3) is 0.643. The van der Waals surface area contributed by atoms with Crippen LogP contribution >= 0.6 is 0 Å². The summed E-state index contributed by atoms with van der Waals surface area (Å²) in [6.45, 7) is 5.19. The first-order valence-corrected chi connectivity index (χ1v) is 12.9. The maximum atomic E-state index is 13.1. The molecule has 7 atom stereocenters. The molecule has 7 heteroatoms. The van der Waals surface area contributed by atoms with Crippen molar-refractivity contribution in [1.82, 2.24) is 10.2 Å². The Hall–Kier alpha value is -2.31. The quantitative estimate of drug-likeness (QED) is 0.594. The van der Waals surface area contributed by atoms with E-state index in [0.717, 1.165) is 50.7 Å². The SMILES string of the molecule is CN1C(=O)C=C[C@]2(C)[C@H]3CC[C@]4(C)C(CNC(=O)c5cccc(C(F)(F)F)c5)CC[C@H]4[C@@H]3CC[C@@H]12. The molecule has 4 nitrogen and oxygen atoms in total. The summed E-state index contributed by atoms with van der Waals surface area (Å²) in [5.74, 6) is 1.70. The van der Waals surface area contributed by atoms with Gasteiger partial charge in [-0.3, -0.25) is 9.59 Å². The van der Waals surface area contributed by atoms with Crippen molar-refractivity contribution in [3.8, 4) is 0 Å². The van der Waals surface area contributed by atoms with E-state index in [9.17, 15) is 22.8 Å². The lowest BCUT2D eigenvalue weighted by Crippen LogP contribution is -2.59. The van der Waals surface area contributed by atoms with Gasteiger partial charge in [0.1, 0.15) is 0 Å². The summed E-state index contributed by atoms with van der Waals surface area (Å²) < 4.78 is 39.2. The molecule has 3 aliphatic carbocycles. The van der Waals surface area contributed by atoms with E-state index in [1.807, 2.05) is 11.9 Å². The van der Waals surface area contributed by atoms with E-state index in [4.69, 9.17) is 0 Å². The Bertz CT molecular complexity index is 1050. The second-order valence-corrected chi connectivity index (χ2v) is 11.7. The van der Waals surface area contributed by atoms with Gasteiger partial charge in [0.25, 0.3) is 5.91 Å². The van der Waals surface area contributed by atoms with Crippen LogP contribution in [0.4, 0.5) is 13.2 Å². The number of nitrogens with one attached hydrogen (secondary N) is 1. The fourth-order valence-corrected chi connectivity index (χ4v) is 8.34. The predicted octanol–water partition coefficient (Wildman–Crippen LogP) is 5.69. The van der Waals surface area contributed by atoms with E-state index >= 15 is 0 Å². The minimum Gasteiger partial charge on any atom is -0.352 e. The van der Waals surface area contributed by atoms with E-state index in [-0.39, 0.29) is 28.3 Å². The van der Waals surface area contributed by atoms with Crippen molar-refractivity contribution < 1.29 is 22.8 Å². The number of halogens is 3. The van der Waals surface area contributed by atoms with Gasteiger partial charge in [0.2, 0.25) is 5.91 Å². The minimum absolute atomic E-state index is 0.00269. The monoisotopic (exact) mass is 488 g/mol. The number of nitrogens with zero attached hydrogens (tertiary/aromatic N) is 1. The number of fused-ring (bicyclic) bond motifs is 5. The van der Waals surface area contributed by atoms with Crippen LogP contribution in [0.25, 0.3) is 0 Å². The fourth-order valence-electron chi connectivity index (χ4n) is 8.34. The van der Waals surface area contributed by atoms with Gasteiger partial charge in [0.05, 0.1) is 5.56 Å². The van der Waals surface area contributed by atoms with Gasteiger partial charge in [-0.1, -0.05) is 26.0 Å². The van der Waals surface area contributed by atoms with Crippen molar-refractivity contribution in [2.45, 2.75) is 64.6 Å². The van der Waals surface area contributed by atoms with E-state index in [0.29, 0.717) is 30.2 Å². The molecule has 0 saturated heterocycles. The third-order valence-electron chi connectivity index (χ3n) is 10.3. The van der Waals surface area contributed by atoms with Crippen LogP contribution in [-0.2, 0) is 11.0 Å². The van der Waals surface area contributed by atoms with E-state index in [1.165, 1.54) is 12.1 Å². The van der Waals surface area contributed by atoms with Gasteiger partial charge in [-0.25, -0.2) is 0 Å². The van der Waals surface area contributed by atoms with Gasteiger partial charge in [-0.05, 0) is 91.9 Å². The summed E-state index contributed by atoms with van der Waals surface area (Å²) in [5.41, 5.74) is -0.629. The molecule has 3 saturated carbocycles. The number of benzene rings is 1. The average Bonchev–Trinajstić information content (AvgIpc) is 3.16. The van der Waals surface area contributed by atoms with Gasteiger partial charge < -0.3 is 10.2 Å². The summed E-state index contributed by atoms with van der Waals surface area (Å²) in [6, 6.07) is 4.90. The maximum absolute atomic E-state index is 13.1. The summed E-state index contributed by atoms with van der Waals surface area (Å²) >= 11 is 0. The van der Waals surface area contributed by atoms with Crippen molar-refractivity contribution in [3.05, 3.63) is 47.5 Å². The second-order valence-electron chi connectivity index (χ2n) is 11.7. The average molecular weight is 489 g/mol. The molecule has 0 spiro atoms. The first kappa shape index (κ1) is 24.4. The highest BCUT2D eigenvalue weighted by molar-refractivity contribution is 5.94. The molecule has 1 unspecified atom stereocenters. The molecule has 0 radical (unpaired) electrons. The molecular formula is C28H35F3N2O2. The van der Waals surface area contributed by atoms with E-state index in [1.54, 1.807) is 6.08 Å². The second kappa shape index (κ2) is 8.38. The molecule has 0 aromatic heterocycles. The van der Waals surface area contributed by atoms with Crippen molar-refractivity contribution in [1.29, 1.82) is 0 Å². The number of rotatable bonds is 3. The van der Waals surface area contributed by atoms with Crippen LogP contribution in [0.15, 0.2) is 36.4 Å². The van der Waals surface area contributed by atoms with Crippen molar-refractivity contribution in [3.63, 3.8) is 0 Å². The number of hydrogen-bond donors (Lipinski definition) is 1. The maximum Gasteiger partial charge on any atom is 0.416 e. The standard InChI is InChI=1S/C28H35F3N2O2/c1-26-13-11-22-20(8-10-23-27(22,2)14-12-24(34)33(23)3)21(26)9-7-19(26)16-32-25(35)17-5-4-6-18(15-17)28(29,30)31/h4-6,12,14-15,19-23H,7-11,13,16H2,1-3H3,(H,32,35)/t19?,20-,21-,22-,23+,26+,27+/m0/s1. The van der Waals surface area contributed by atoms with Crippen LogP contribution in [0.2, 0.25) is 0 Å². The smallest absolute Gasteiger partial charge is 0.352 e. The number of hydrogen-bond acceptors (Lipinski definition) is 2. The number of alkyl halides is 3. The topological polar surface area (TPSA) is 49.4 Å². The lowest BCUT2D eigenvalue weighted by Gasteiger charge is -2.60. The van der Waals surface area contributed by atoms with Crippen LogP contribution in [0, 0.1) is 34.5 Å². The highest BCUT2D eigenvalue weighted by Gasteiger charge is 2.60. The molecule has 1 N–H and O–H groups in total. The highest BCUT2D eigenvalue weighted by Crippen LogP contribution is 2.65. The van der Waals surface area contributed by atoms with E-state index < -0.39 is 17.6 Å². The zero-order chi connectivity index (χ0) is 25.2. The first-order valence-electron chi connectivity index (χ1n) is 12.9. The highest BCUT2D eigenvalue weighted by atomic mass is 19.4. The van der Waals surface area contributed by atoms with Gasteiger partial charge in [-0.15, -0.1) is 0 Å². The molecule has 35 heavy (non-hydrogen) atoms. The summed E-state index contributed by atoms with van der Waals surface area (Å²) in [7, 11) is 1.93. The zero-order valence-corrected chi connectivity index (χ0v) is 20.7. The van der Waals surface area contributed by atoms with Gasteiger partial charge in [-0.2, -0.15) is 13.2 Å². The lowest BCUT2D eigenvalue weighted by molar-refractivity contribution is -0.139. The van der Waals surface area contributed by atoms with Gasteiger partial charge >= 0.3 is 6.18 Å². The Labute approximate surface area is 205 Å². The first-order chi connectivity index (χ1) is 16.4. The van der Waals surface area contributed by atoms with Crippen LogP contribution < -0.4 is 5.32 Å². The van der Waals surface area contributed by atoms with E-state index in [2.05, 4.69) is 25.2 Å². The third-order valence-corrected chi connectivity index (χ3v) is 10.3. The number of carbonyl (C=O) groups is 2. The molecule has 1 aromatic rings. The molecule has 2 amide bonds. The molecule has 0 bridgehead atoms. The Kier molecular flexibility index (Phi) is 5.84. The van der Waals surface area contributed by atoms with Gasteiger partial charge in [0, 0.05) is 30.6 Å². The zero-order valence-electron chi connectivity index (χ0n) is 20.7. The molecule has 5 rings (SSSR count). The number of likely N-dealkylation sites (N-methyl/N-ethyl adjacent to an activating group) is 1. The number of amides is 2. The summed E-state index contributed by atoms with van der Waals surface area (Å²) in [4.78, 5) is 26.9. The Morgan fingerprint density at radius 2 is 1.89 bits per heavy atom. The minimum atomic E-state index is -4.47. The Morgan fingerprint density at radius 1 is 1.11 bits per heavy atom. The van der Waals surface area contributed by atoms with Crippen molar-refractivity contribution >= 4 is 11.8 Å². The Balaban J connectivity index is 1.28. The van der Waals surface area contributed by atoms with Crippen molar-refractivity contribution in [2.75, 3.05) is 13.6 Å². The normalized spacial score (nSPS) is 38.5. The van der Waals surface area contributed by atoms with Crippen LogP contribution in [-0.4, -0.2) is 36.3 Å². The molecule has 1 heterocycles. The van der Waals surface area contributed by atoms with Crippen molar-refractivity contribution in [2.24, 2.45) is 34.5 Å². The molecule has 4 aliphatic rings. The summed E-state index contributed by atoms with van der Waals surface area (Å²) in [5, 5.41) is 2.95. The molecular weight excluding hydrogens is 453 g/mol. The lowest BCUT2D eigenvalue weighted by atomic mass is 9.47. The molecule has 3 fully saturated rings. The van der Waals surface area contributed by atoms with Crippen LogP contribution in [0.3, 0.4) is 0 Å². The number of carbonyl (C=O) groups excluding carboxylic acids is 2. The Morgan fingerprint density at radius 3 is 2.63 bits per heavy atom. The summed E-state index contributed by atoms with van der Waals surface area (Å²) in [6.07, 6.45) is 5.96. The molecule has 1 aromatic carbocycles. The largest absolute Gasteiger partial charge is 0.416 e. The predicted molar refractivity (Wildman–Crippen MR) is 127 cm³/mol. The van der Waals surface area contributed by atoms with Crippen LogP contribution in [0.1, 0.15) is 68.3 Å². The van der Waals surface area contributed by atoms with Crippen LogP contribution in [0.5, 0.6) is 0 Å².